The van der Waals surface area contributed by atoms with Crippen LogP contribution in [-0.4, -0.2) is 8.07 Å². The molecule has 78 valence electrons. The van der Waals surface area contributed by atoms with Gasteiger partial charge in [-0.1, -0.05) is 71.5 Å². The molecule has 0 heterocycles. The molecule has 0 bridgehead atoms. The van der Waals surface area contributed by atoms with Gasteiger partial charge >= 0.3 is 0 Å². The van der Waals surface area contributed by atoms with Gasteiger partial charge in [0.2, 0.25) is 0 Å². The molecular weight excluding hydrogens is 196 g/mol. The van der Waals surface area contributed by atoms with Crippen LogP contribution in [0.5, 0.6) is 0 Å². The Morgan fingerprint density at radius 3 is 2.27 bits per heavy atom. The van der Waals surface area contributed by atoms with Gasteiger partial charge in [0.1, 0.15) is 8.07 Å². The van der Waals surface area contributed by atoms with Gasteiger partial charge in [-0.3, -0.25) is 0 Å². The first-order valence-corrected chi connectivity index (χ1v) is 8.54. The summed E-state index contributed by atoms with van der Waals surface area (Å²) in [4.78, 5) is 0. The highest BCUT2D eigenvalue weighted by atomic mass is 28.3. The summed E-state index contributed by atoms with van der Waals surface area (Å²) in [5, 5.41) is 3.23. The highest BCUT2D eigenvalue weighted by Gasteiger charge is 2.29. The van der Waals surface area contributed by atoms with E-state index in [4.69, 9.17) is 0 Å². The average Bonchev–Trinajstić information content (AvgIpc) is 2.66. The van der Waals surface area contributed by atoms with Crippen molar-refractivity contribution in [1.82, 2.24) is 0 Å². The minimum absolute atomic E-state index is 1.17. The van der Waals surface area contributed by atoms with E-state index in [-0.39, 0.29) is 0 Å². The van der Waals surface area contributed by atoms with E-state index < -0.39 is 8.07 Å². The maximum Gasteiger partial charge on any atom is 0.108 e. The lowest BCUT2D eigenvalue weighted by Crippen LogP contribution is -2.43. The number of rotatable bonds is 2. The van der Waals surface area contributed by atoms with Crippen LogP contribution < -0.4 is 5.19 Å². The fourth-order valence-electron chi connectivity index (χ4n) is 2.39. The molecule has 0 spiro atoms. The van der Waals surface area contributed by atoms with Crippen molar-refractivity contribution >= 4 is 13.3 Å². The third-order valence-electron chi connectivity index (χ3n) is 3.42. The van der Waals surface area contributed by atoms with Crippen LogP contribution in [0.25, 0.3) is 0 Å². The molecule has 1 heteroatoms. The summed E-state index contributed by atoms with van der Waals surface area (Å²) in [7, 11) is -1.39. The van der Waals surface area contributed by atoms with Gasteiger partial charge in [-0.05, 0) is 13.3 Å². The van der Waals surface area contributed by atoms with E-state index >= 15 is 0 Å². The Bertz CT molecular complexity index is 410. The molecule has 0 aromatic heterocycles. The number of hydrogen-bond donors (Lipinski definition) is 0. The van der Waals surface area contributed by atoms with E-state index in [0.717, 1.165) is 0 Å². The third kappa shape index (κ3) is 1.84. The van der Waals surface area contributed by atoms with Gasteiger partial charge in [0.05, 0.1) is 0 Å². The molecule has 1 aliphatic carbocycles. The second-order valence-electron chi connectivity index (χ2n) is 4.76. The Balaban J connectivity index is 2.40. The van der Waals surface area contributed by atoms with Gasteiger partial charge in [0.15, 0.2) is 0 Å². The van der Waals surface area contributed by atoms with Gasteiger partial charge in [0.25, 0.3) is 0 Å². The van der Waals surface area contributed by atoms with Gasteiger partial charge in [-0.2, -0.15) is 0 Å². The Morgan fingerprint density at radius 2 is 1.73 bits per heavy atom. The molecule has 0 fully saturated rings. The van der Waals surface area contributed by atoms with Crippen molar-refractivity contribution in [3.05, 3.63) is 53.3 Å². The van der Waals surface area contributed by atoms with Gasteiger partial charge in [-0.15, -0.1) is 0 Å². The van der Waals surface area contributed by atoms with Crippen molar-refractivity contribution in [3.63, 3.8) is 0 Å². The molecule has 2 rings (SSSR count). The van der Waals surface area contributed by atoms with Crippen LogP contribution in [0, 0.1) is 0 Å². The van der Waals surface area contributed by atoms with Crippen molar-refractivity contribution < 1.29 is 0 Å². The van der Waals surface area contributed by atoms with Gasteiger partial charge in [-0.25, -0.2) is 0 Å². The van der Waals surface area contributed by atoms with E-state index in [1.807, 2.05) is 0 Å². The average molecular weight is 214 g/mol. The zero-order valence-electron chi connectivity index (χ0n) is 9.75. The molecular formula is C14H18Si. The molecule has 0 radical (unpaired) electrons. The van der Waals surface area contributed by atoms with Crippen LogP contribution in [0.3, 0.4) is 0 Å². The molecule has 0 nitrogen and oxygen atoms in total. The van der Waals surface area contributed by atoms with E-state index in [1.165, 1.54) is 12.0 Å². The second kappa shape index (κ2) is 3.82. The number of benzene rings is 1. The summed E-state index contributed by atoms with van der Waals surface area (Å²) >= 11 is 0. The summed E-state index contributed by atoms with van der Waals surface area (Å²) in [5.74, 6) is 0. The van der Waals surface area contributed by atoms with E-state index in [1.54, 1.807) is 10.4 Å². The summed E-state index contributed by atoms with van der Waals surface area (Å²) in [6, 6.07) is 11.0. The molecule has 0 atom stereocenters. The number of allylic oxidation sites excluding steroid dienone is 4. The summed E-state index contributed by atoms with van der Waals surface area (Å²) in [5.41, 5.74) is 1.50. The molecule has 0 amide bonds. The topological polar surface area (TPSA) is 0 Å². The molecule has 0 N–H and O–H groups in total. The fourth-order valence-corrected chi connectivity index (χ4v) is 5.46. The molecule has 1 aliphatic rings. The lowest BCUT2D eigenvalue weighted by atomic mass is 10.3. The van der Waals surface area contributed by atoms with E-state index in [0.29, 0.717) is 0 Å². The SMILES string of the molecule is CC1=C([Si](C)(C)c2ccccc2)CC=C1. The Hall–Kier alpha value is -1.08. The lowest BCUT2D eigenvalue weighted by Gasteiger charge is -2.26. The van der Waals surface area contributed by atoms with Crippen LogP contribution in [0.2, 0.25) is 13.1 Å². The first kappa shape index (κ1) is 10.4. The molecule has 0 aliphatic heterocycles. The normalized spacial score (nSPS) is 16.2. The second-order valence-corrected chi connectivity index (χ2v) is 9.19. The predicted molar refractivity (Wildman–Crippen MR) is 70.0 cm³/mol. The standard InChI is InChI=1S/C14H18Si/c1-12-8-7-11-14(12)15(2,3)13-9-5-4-6-10-13/h4-10H,11H2,1-3H3. The monoisotopic (exact) mass is 214 g/mol. The zero-order valence-corrected chi connectivity index (χ0v) is 10.7. The third-order valence-corrected chi connectivity index (χ3v) is 7.30. The van der Waals surface area contributed by atoms with Gasteiger partial charge < -0.3 is 0 Å². The predicted octanol–water partition coefficient (Wildman–Crippen LogP) is 3.42. The molecule has 1 aromatic carbocycles. The van der Waals surface area contributed by atoms with Crippen LogP contribution in [0.1, 0.15) is 13.3 Å². The Labute approximate surface area is 93.3 Å². The van der Waals surface area contributed by atoms with Crippen LogP contribution in [0.15, 0.2) is 53.3 Å². The molecule has 1 aromatic rings. The maximum absolute atomic E-state index is 2.45. The van der Waals surface area contributed by atoms with Crippen molar-refractivity contribution in [2.45, 2.75) is 26.4 Å². The molecule has 0 saturated carbocycles. The quantitative estimate of drug-likeness (QED) is 0.662. The number of hydrogen-bond acceptors (Lipinski definition) is 0. The molecule has 0 saturated heterocycles. The minimum atomic E-state index is -1.39. The summed E-state index contributed by atoms with van der Waals surface area (Å²) in [6.07, 6.45) is 5.73. The highest BCUT2D eigenvalue weighted by molar-refractivity contribution is 6.95. The lowest BCUT2D eigenvalue weighted by molar-refractivity contribution is 1.33. The first-order chi connectivity index (χ1) is 7.12. The fraction of sp³-hybridized carbons (Fsp3) is 0.286. The van der Waals surface area contributed by atoms with Crippen LogP contribution in [0.4, 0.5) is 0 Å². The van der Waals surface area contributed by atoms with Crippen molar-refractivity contribution in [3.8, 4) is 0 Å². The molecule has 0 unspecified atom stereocenters. The van der Waals surface area contributed by atoms with Crippen molar-refractivity contribution in [1.29, 1.82) is 0 Å². The minimum Gasteiger partial charge on any atom is -0.0806 e. The first-order valence-electron chi connectivity index (χ1n) is 5.54. The highest BCUT2D eigenvalue weighted by Crippen LogP contribution is 2.27. The maximum atomic E-state index is 2.45. The zero-order chi connectivity index (χ0) is 10.9. The summed E-state index contributed by atoms with van der Waals surface area (Å²) in [6.45, 7) is 7.15. The largest absolute Gasteiger partial charge is 0.108 e. The van der Waals surface area contributed by atoms with Crippen LogP contribution in [-0.2, 0) is 0 Å². The van der Waals surface area contributed by atoms with E-state index in [9.17, 15) is 0 Å². The van der Waals surface area contributed by atoms with Gasteiger partial charge in [0, 0.05) is 0 Å². The summed E-state index contributed by atoms with van der Waals surface area (Å²) < 4.78 is 0. The van der Waals surface area contributed by atoms with Crippen molar-refractivity contribution in [2.75, 3.05) is 0 Å². The molecule has 15 heavy (non-hydrogen) atoms. The Kier molecular flexibility index (Phi) is 2.66. The van der Waals surface area contributed by atoms with Crippen LogP contribution >= 0.6 is 0 Å². The Morgan fingerprint density at radius 1 is 1.07 bits per heavy atom. The van der Waals surface area contributed by atoms with Crippen molar-refractivity contribution in [2.24, 2.45) is 0 Å². The van der Waals surface area contributed by atoms with E-state index in [2.05, 4.69) is 62.5 Å². The smallest absolute Gasteiger partial charge is 0.0806 e.